The van der Waals surface area contributed by atoms with Gasteiger partial charge in [0.25, 0.3) is 0 Å². The van der Waals surface area contributed by atoms with Gasteiger partial charge in [-0.3, -0.25) is 14.5 Å². The summed E-state index contributed by atoms with van der Waals surface area (Å²) >= 11 is 0. The Bertz CT molecular complexity index is 1360. The van der Waals surface area contributed by atoms with Crippen LogP contribution in [0.4, 0.5) is 8.78 Å². The van der Waals surface area contributed by atoms with Gasteiger partial charge in [-0.05, 0) is 41.8 Å². The van der Waals surface area contributed by atoms with Crippen LogP contribution in [0.2, 0.25) is 0 Å². The number of aromatic nitrogens is 2. The third-order valence-corrected chi connectivity index (χ3v) is 6.76. The van der Waals surface area contributed by atoms with Crippen LogP contribution in [0.5, 0.6) is 17.2 Å². The minimum absolute atomic E-state index is 0.0434. The van der Waals surface area contributed by atoms with Gasteiger partial charge in [0.2, 0.25) is 11.8 Å². The molecule has 2 heterocycles. The van der Waals surface area contributed by atoms with Crippen molar-refractivity contribution in [1.82, 2.24) is 25.1 Å². The Hall–Kier alpha value is -4.19. The summed E-state index contributed by atoms with van der Waals surface area (Å²) < 4.78 is 47.1. The molecule has 1 atom stereocenters. The molecule has 0 spiro atoms. The fourth-order valence-corrected chi connectivity index (χ4v) is 4.70. The van der Waals surface area contributed by atoms with Crippen molar-refractivity contribution in [2.24, 2.45) is 5.92 Å². The predicted molar refractivity (Wildman–Crippen MR) is 148 cm³/mol. The van der Waals surface area contributed by atoms with Crippen molar-refractivity contribution in [1.29, 1.82) is 0 Å². The van der Waals surface area contributed by atoms with Crippen molar-refractivity contribution in [3.05, 3.63) is 59.9 Å². The van der Waals surface area contributed by atoms with Gasteiger partial charge in [0, 0.05) is 44.1 Å². The molecule has 4 rings (SSSR count). The molecule has 2 N–H and O–H groups in total. The summed E-state index contributed by atoms with van der Waals surface area (Å²) in [5.74, 6) is -1.37. The number of hydrogen-bond acceptors (Lipinski definition) is 7. The molecule has 3 aromatic rings. The zero-order valence-corrected chi connectivity index (χ0v) is 23.6. The first-order chi connectivity index (χ1) is 19.7. The van der Waals surface area contributed by atoms with Gasteiger partial charge in [-0.25, -0.2) is 13.8 Å². The number of ether oxygens (including phenoxy) is 3. The van der Waals surface area contributed by atoms with E-state index in [0.717, 1.165) is 5.56 Å². The van der Waals surface area contributed by atoms with Crippen molar-refractivity contribution < 1.29 is 32.6 Å². The third-order valence-electron chi connectivity index (χ3n) is 6.76. The van der Waals surface area contributed by atoms with E-state index in [1.165, 1.54) is 26.4 Å². The zero-order chi connectivity index (χ0) is 29.5. The number of carbonyl (C=O) groups is 2. The Morgan fingerprint density at radius 3 is 2.54 bits per heavy atom. The molecule has 2 aromatic carbocycles. The van der Waals surface area contributed by atoms with E-state index in [1.54, 1.807) is 17.2 Å². The van der Waals surface area contributed by atoms with Gasteiger partial charge in [0.1, 0.15) is 18.5 Å². The van der Waals surface area contributed by atoms with E-state index in [9.17, 15) is 18.4 Å². The van der Waals surface area contributed by atoms with Crippen LogP contribution in [-0.2, 0) is 22.7 Å². The van der Waals surface area contributed by atoms with Crippen molar-refractivity contribution in [3.63, 3.8) is 0 Å². The molecule has 1 aliphatic heterocycles. The first kappa shape index (κ1) is 29.8. The number of benzene rings is 2. The maximum absolute atomic E-state index is 14.4. The molecular weight excluding hydrogens is 536 g/mol. The average molecular weight is 572 g/mol. The number of amides is 2. The summed E-state index contributed by atoms with van der Waals surface area (Å²) in [6, 6.07) is 7.03. The summed E-state index contributed by atoms with van der Waals surface area (Å²) in [7, 11) is 2.73. The molecule has 0 saturated carbocycles. The van der Waals surface area contributed by atoms with E-state index in [1.807, 2.05) is 36.7 Å². The highest BCUT2D eigenvalue weighted by molar-refractivity contribution is 5.88. The molecule has 0 radical (unpaired) electrons. The lowest BCUT2D eigenvalue weighted by Gasteiger charge is -2.26. The van der Waals surface area contributed by atoms with Gasteiger partial charge in [-0.2, -0.15) is 0 Å². The molecule has 1 aliphatic rings. The van der Waals surface area contributed by atoms with Crippen molar-refractivity contribution in [2.45, 2.75) is 33.0 Å². The SMILES string of the molecule is COc1ccc2cc1OCCN(Cc1cc(F)c(OC)c(F)c1)CC(=O)N[C@H](C(C)C)C(=O)NCCn1ccnc1-2. The Labute approximate surface area is 237 Å². The molecule has 2 amide bonds. The summed E-state index contributed by atoms with van der Waals surface area (Å²) in [6.07, 6.45) is 3.50. The number of hydrogen-bond donors (Lipinski definition) is 2. The lowest BCUT2D eigenvalue weighted by atomic mass is 10.0. The molecular formula is C29H35F2N5O5. The van der Waals surface area contributed by atoms with Crippen molar-refractivity contribution in [2.75, 3.05) is 40.5 Å². The standard InChI is InChI=1S/C29H35F2N5O5/c1-18(2)26-29(38)33-8-10-36-9-7-32-28(36)20-5-6-23(39-3)24(15-20)41-12-11-35(17-25(37)34-26)16-19-13-21(30)27(40-4)22(31)14-19/h5-7,9,13-15,18,26H,8,10-12,16-17H2,1-4H3,(H,33,38)(H,34,37)/t26-/m1/s1. The zero-order valence-electron chi connectivity index (χ0n) is 23.6. The molecule has 0 saturated heterocycles. The Morgan fingerprint density at radius 2 is 1.85 bits per heavy atom. The topological polar surface area (TPSA) is 107 Å². The van der Waals surface area contributed by atoms with Gasteiger partial charge in [0.05, 0.1) is 20.8 Å². The van der Waals surface area contributed by atoms with Crippen LogP contribution in [0.25, 0.3) is 11.4 Å². The summed E-state index contributed by atoms with van der Waals surface area (Å²) in [6.45, 7) is 4.74. The highest BCUT2D eigenvalue weighted by Gasteiger charge is 2.25. The van der Waals surface area contributed by atoms with Gasteiger partial charge >= 0.3 is 0 Å². The van der Waals surface area contributed by atoms with E-state index >= 15 is 0 Å². The molecule has 0 unspecified atom stereocenters. The second kappa shape index (κ2) is 13.4. The van der Waals surface area contributed by atoms with Crippen molar-refractivity contribution in [3.8, 4) is 28.6 Å². The molecule has 2 bridgehead atoms. The number of imidazole rings is 1. The average Bonchev–Trinajstić information content (AvgIpc) is 3.39. The van der Waals surface area contributed by atoms with Crippen LogP contribution in [0, 0.1) is 17.6 Å². The normalized spacial score (nSPS) is 17.2. The van der Waals surface area contributed by atoms with E-state index in [2.05, 4.69) is 15.6 Å². The van der Waals surface area contributed by atoms with Crippen LogP contribution in [0.1, 0.15) is 19.4 Å². The van der Waals surface area contributed by atoms with Gasteiger partial charge in [-0.15, -0.1) is 0 Å². The first-order valence-electron chi connectivity index (χ1n) is 13.3. The summed E-state index contributed by atoms with van der Waals surface area (Å²) in [4.78, 5) is 32.3. The summed E-state index contributed by atoms with van der Waals surface area (Å²) in [5, 5.41) is 5.72. The molecule has 41 heavy (non-hydrogen) atoms. The van der Waals surface area contributed by atoms with Crippen LogP contribution >= 0.6 is 0 Å². The van der Waals surface area contributed by atoms with E-state index in [-0.39, 0.29) is 38.1 Å². The number of methoxy groups -OCH3 is 2. The number of nitrogens with one attached hydrogen (secondary N) is 2. The highest BCUT2D eigenvalue weighted by Crippen LogP contribution is 2.32. The first-order valence-corrected chi connectivity index (χ1v) is 13.3. The molecule has 0 aliphatic carbocycles. The van der Waals surface area contributed by atoms with E-state index < -0.39 is 29.3 Å². The maximum atomic E-state index is 14.4. The second-order valence-electron chi connectivity index (χ2n) is 10.0. The Kier molecular flexibility index (Phi) is 9.77. The number of nitrogens with zero attached hydrogens (tertiary/aromatic N) is 3. The Morgan fingerprint density at radius 1 is 1.10 bits per heavy atom. The van der Waals surface area contributed by atoms with Crippen LogP contribution < -0.4 is 24.8 Å². The number of halogens is 2. The molecule has 10 nitrogen and oxygen atoms in total. The molecule has 220 valence electrons. The largest absolute Gasteiger partial charge is 0.493 e. The smallest absolute Gasteiger partial charge is 0.242 e. The fraction of sp³-hybridized carbons (Fsp3) is 0.414. The number of carbonyl (C=O) groups excluding carboxylic acids is 2. The maximum Gasteiger partial charge on any atom is 0.242 e. The highest BCUT2D eigenvalue weighted by atomic mass is 19.1. The van der Waals surface area contributed by atoms with Crippen LogP contribution in [-0.4, -0.2) is 72.8 Å². The minimum atomic E-state index is -0.842. The molecule has 12 heteroatoms. The quantitative estimate of drug-likeness (QED) is 0.485. The lowest BCUT2D eigenvalue weighted by molar-refractivity contribution is -0.130. The van der Waals surface area contributed by atoms with Crippen LogP contribution in [0.3, 0.4) is 0 Å². The lowest BCUT2D eigenvalue weighted by Crippen LogP contribution is -2.52. The monoisotopic (exact) mass is 571 g/mol. The summed E-state index contributed by atoms with van der Waals surface area (Å²) in [5.41, 5.74) is 1.10. The van der Waals surface area contributed by atoms with Gasteiger partial charge < -0.3 is 29.4 Å². The van der Waals surface area contributed by atoms with Gasteiger partial charge in [-0.1, -0.05) is 13.8 Å². The molecule has 0 fully saturated rings. The van der Waals surface area contributed by atoms with E-state index in [0.29, 0.717) is 36.0 Å². The minimum Gasteiger partial charge on any atom is -0.493 e. The second-order valence-corrected chi connectivity index (χ2v) is 10.0. The number of rotatable bonds is 5. The number of fused-ring (bicyclic) bond motifs is 4. The predicted octanol–water partition coefficient (Wildman–Crippen LogP) is 3.00. The van der Waals surface area contributed by atoms with Crippen molar-refractivity contribution >= 4 is 11.8 Å². The Balaban J connectivity index is 1.64. The van der Waals surface area contributed by atoms with Crippen LogP contribution in [0.15, 0.2) is 42.7 Å². The molecule has 1 aromatic heterocycles. The third kappa shape index (κ3) is 7.31. The fourth-order valence-electron chi connectivity index (χ4n) is 4.70. The van der Waals surface area contributed by atoms with Gasteiger partial charge in [0.15, 0.2) is 28.9 Å². The van der Waals surface area contributed by atoms with E-state index in [4.69, 9.17) is 14.2 Å².